The van der Waals surface area contributed by atoms with Gasteiger partial charge in [-0.3, -0.25) is 9.59 Å². The van der Waals surface area contributed by atoms with Crippen molar-refractivity contribution in [1.29, 1.82) is 0 Å². The van der Waals surface area contributed by atoms with Crippen LogP contribution in [0.3, 0.4) is 0 Å². The number of nitrogens with one attached hydrogen (secondary N) is 1. The van der Waals surface area contributed by atoms with Crippen molar-refractivity contribution < 1.29 is 4.79 Å². The maximum atomic E-state index is 13.0. The Morgan fingerprint density at radius 1 is 1.28 bits per heavy atom. The smallest absolute Gasteiger partial charge is 0.274 e. The van der Waals surface area contributed by atoms with Crippen LogP contribution < -0.4 is 5.56 Å². The van der Waals surface area contributed by atoms with Gasteiger partial charge >= 0.3 is 0 Å². The summed E-state index contributed by atoms with van der Waals surface area (Å²) in [6.07, 6.45) is 0. The molecule has 0 unspecified atom stereocenters. The second-order valence-electron chi connectivity index (χ2n) is 6.65. The van der Waals surface area contributed by atoms with E-state index in [1.54, 1.807) is 35.3 Å². The van der Waals surface area contributed by atoms with Crippen molar-refractivity contribution in [3.63, 3.8) is 0 Å². The minimum absolute atomic E-state index is 0.109. The van der Waals surface area contributed by atoms with Gasteiger partial charge in [-0.25, -0.2) is 14.6 Å². The number of carbonyl (C=O) groups is 1. The molecule has 0 aliphatic heterocycles. The number of thiophene rings is 1. The van der Waals surface area contributed by atoms with Crippen molar-refractivity contribution in [3.8, 4) is 5.82 Å². The van der Waals surface area contributed by atoms with Crippen LogP contribution in [0.25, 0.3) is 16.0 Å². The van der Waals surface area contributed by atoms with Gasteiger partial charge in [0.1, 0.15) is 16.2 Å². The molecule has 0 saturated heterocycles. The first kappa shape index (κ1) is 19.3. The molecule has 4 aromatic heterocycles. The third kappa shape index (κ3) is 3.66. The highest BCUT2D eigenvalue weighted by atomic mass is 35.5. The molecular formula is C19H17ClN6O2S. The third-order valence-corrected chi connectivity index (χ3v) is 5.57. The van der Waals surface area contributed by atoms with Crippen LogP contribution in [0.1, 0.15) is 27.7 Å². The number of H-pyrrole nitrogens is 1. The second-order valence-corrected chi connectivity index (χ2v) is 7.97. The largest absolute Gasteiger partial charge is 0.333 e. The lowest BCUT2D eigenvalue weighted by molar-refractivity contribution is 0.0776. The van der Waals surface area contributed by atoms with E-state index in [1.165, 1.54) is 16.2 Å². The van der Waals surface area contributed by atoms with E-state index >= 15 is 0 Å². The molecule has 4 rings (SSSR count). The SMILES string of the molecule is Cc1cc(C)n(-c2ccc(Cl)c(C(=O)N(C)Cc3nc4ccsc4c(=O)[nH]3)n2)n1. The van der Waals surface area contributed by atoms with Crippen LogP contribution in [0.4, 0.5) is 0 Å². The number of aromatic amines is 1. The summed E-state index contributed by atoms with van der Waals surface area (Å²) in [6, 6.07) is 7.03. The highest BCUT2D eigenvalue weighted by Crippen LogP contribution is 2.20. The number of halogens is 1. The molecule has 0 aliphatic rings. The van der Waals surface area contributed by atoms with Crippen LogP contribution >= 0.6 is 22.9 Å². The highest BCUT2D eigenvalue weighted by molar-refractivity contribution is 7.17. The molecule has 0 radical (unpaired) electrons. The van der Waals surface area contributed by atoms with E-state index in [4.69, 9.17) is 11.6 Å². The number of amides is 1. The Labute approximate surface area is 174 Å². The Morgan fingerprint density at radius 2 is 2.07 bits per heavy atom. The van der Waals surface area contributed by atoms with Gasteiger partial charge in [0.2, 0.25) is 0 Å². The summed E-state index contributed by atoms with van der Waals surface area (Å²) < 4.78 is 2.22. The molecule has 0 bridgehead atoms. The maximum Gasteiger partial charge on any atom is 0.274 e. The molecule has 4 aromatic rings. The number of aromatic nitrogens is 5. The Bertz CT molecular complexity index is 1290. The van der Waals surface area contributed by atoms with Gasteiger partial charge in [0.15, 0.2) is 5.82 Å². The number of pyridine rings is 1. The molecule has 29 heavy (non-hydrogen) atoms. The number of fused-ring (bicyclic) bond motifs is 1. The van der Waals surface area contributed by atoms with Gasteiger partial charge in [0.05, 0.1) is 22.8 Å². The fourth-order valence-corrected chi connectivity index (χ4v) is 3.95. The van der Waals surface area contributed by atoms with Crippen LogP contribution in [0, 0.1) is 13.8 Å². The molecular weight excluding hydrogens is 412 g/mol. The van der Waals surface area contributed by atoms with Crippen molar-refractivity contribution in [1.82, 2.24) is 29.6 Å². The van der Waals surface area contributed by atoms with E-state index in [1.807, 2.05) is 19.9 Å². The summed E-state index contributed by atoms with van der Waals surface area (Å²) in [6.45, 7) is 3.91. The van der Waals surface area contributed by atoms with E-state index in [0.29, 0.717) is 21.9 Å². The summed E-state index contributed by atoms with van der Waals surface area (Å²) >= 11 is 7.57. The van der Waals surface area contributed by atoms with E-state index < -0.39 is 0 Å². The molecule has 4 heterocycles. The van der Waals surface area contributed by atoms with Gasteiger partial charge in [0.25, 0.3) is 11.5 Å². The van der Waals surface area contributed by atoms with Crippen LogP contribution in [0.2, 0.25) is 5.02 Å². The quantitative estimate of drug-likeness (QED) is 0.538. The lowest BCUT2D eigenvalue weighted by Gasteiger charge is -2.17. The van der Waals surface area contributed by atoms with Gasteiger partial charge in [0, 0.05) is 12.7 Å². The second kappa shape index (κ2) is 7.41. The van der Waals surface area contributed by atoms with E-state index in [9.17, 15) is 9.59 Å². The van der Waals surface area contributed by atoms with Crippen LogP contribution in [-0.2, 0) is 6.54 Å². The molecule has 0 spiro atoms. The standard InChI is InChI=1S/C19H17ClN6O2S/c1-10-8-11(2)26(24-10)15-5-4-12(20)16(23-15)19(28)25(3)9-14-21-13-6-7-29-17(13)18(27)22-14/h4-8H,9H2,1-3H3,(H,21,22,27). The zero-order chi connectivity index (χ0) is 20.7. The van der Waals surface area contributed by atoms with E-state index in [2.05, 4.69) is 20.1 Å². The number of aryl methyl sites for hydroxylation is 2. The third-order valence-electron chi connectivity index (χ3n) is 4.36. The van der Waals surface area contributed by atoms with Gasteiger partial charge < -0.3 is 9.88 Å². The molecule has 0 saturated carbocycles. The maximum absolute atomic E-state index is 13.0. The molecule has 0 atom stereocenters. The normalized spacial score (nSPS) is 11.2. The first-order valence-electron chi connectivity index (χ1n) is 8.75. The van der Waals surface area contributed by atoms with Crippen LogP contribution in [-0.4, -0.2) is 42.6 Å². The monoisotopic (exact) mass is 428 g/mol. The molecule has 0 aromatic carbocycles. The number of carbonyl (C=O) groups excluding carboxylic acids is 1. The number of hydrogen-bond donors (Lipinski definition) is 1. The first-order chi connectivity index (χ1) is 13.8. The molecule has 0 fully saturated rings. The van der Waals surface area contributed by atoms with Gasteiger partial charge in [-0.15, -0.1) is 11.3 Å². The molecule has 8 nitrogen and oxygen atoms in total. The predicted octanol–water partition coefficient (Wildman–Crippen LogP) is 3.11. The zero-order valence-electron chi connectivity index (χ0n) is 15.9. The minimum Gasteiger partial charge on any atom is -0.333 e. The molecule has 148 valence electrons. The van der Waals surface area contributed by atoms with Crippen molar-refractivity contribution in [2.24, 2.45) is 0 Å². The average molecular weight is 429 g/mol. The fourth-order valence-electron chi connectivity index (χ4n) is 3.03. The van der Waals surface area contributed by atoms with Gasteiger partial charge in [-0.1, -0.05) is 11.6 Å². The Balaban J connectivity index is 1.63. The zero-order valence-corrected chi connectivity index (χ0v) is 17.5. The lowest BCUT2D eigenvalue weighted by atomic mass is 10.3. The first-order valence-corrected chi connectivity index (χ1v) is 10.0. The summed E-state index contributed by atoms with van der Waals surface area (Å²) in [5.41, 5.74) is 2.25. The fraction of sp³-hybridized carbons (Fsp3) is 0.211. The van der Waals surface area contributed by atoms with Crippen molar-refractivity contribution >= 4 is 39.1 Å². The Kier molecular flexibility index (Phi) is 4.93. The van der Waals surface area contributed by atoms with Gasteiger partial charge in [-0.05, 0) is 43.5 Å². The van der Waals surface area contributed by atoms with Crippen molar-refractivity contribution in [3.05, 3.63) is 67.9 Å². The molecule has 1 N–H and O–H groups in total. The van der Waals surface area contributed by atoms with Crippen LogP contribution in [0.15, 0.2) is 34.4 Å². The summed E-state index contributed by atoms with van der Waals surface area (Å²) in [5.74, 6) is 0.511. The molecule has 0 aliphatic carbocycles. The number of rotatable bonds is 4. The molecule has 10 heteroatoms. The lowest BCUT2D eigenvalue weighted by Crippen LogP contribution is -2.29. The van der Waals surface area contributed by atoms with Crippen molar-refractivity contribution in [2.45, 2.75) is 20.4 Å². The minimum atomic E-state index is -0.383. The van der Waals surface area contributed by atoms with E-state index in [-0.39, 0.29) is 28.7 Å². The highest BCUT2D eigenvalue weighted by Gasteiger charge is 2.20. The number of nitrogens with zero attached hydrogens (tertiary/aromatic N) is 5. The Hall–Kier alpha value is -3.04. The summed E-state index contributed by atoms with van der Waals surface area (Å²) in [7, 11) is 1.61. The Morgan fingerprint density at radius 3 is 2.79 bits per heavy atom. The average Bonchev–Trinajstić information content (AvgIpc) is 3.27. The number of hydrogen-bond acceptors (Lipinski definition) is 6. The molecule has 1 amide bonds. The summed E-state index contributed by atoms with van der Waals surface area (Å²) in [4.78, 5) is 38.1. The van der Waals surface area contributed by atoms with Crippen molar-refractivity contribution in [2.75, 3.05) is 7.05 Å². The van der Waals surface area contributed by atoms with Gasteiger partial charge in [-0.2, -0.15) is 5.10 Å². The van der Waals surface area contributed by atoms with E-state index in [0.717, 1.165) is 11.4 Å². The predicted molar refractivity (Wildman–Crippen MR) is 112 cm³/mol. The topological polar surface area (TPSA) is 96.8 Å². The van der Waals surface area contributed by atoms with Crippen LogP contribution in [0.5, 0.6) is 0 Å². The summed E-state index contributed by atoms with van der Waals surface area (Å²) in [5, 5.41) is 6.44.